The molecule has 0 saturated carbocycles. The first-order valence-corrected chi connectivity index (χ1v) is 5.41. The first-order chi connectivity index (χ1) is 6.88. The zero-order chi connectivity index (χ0) is 12.0. The molecule has 0 spiro atoms. The molecule has 1 unspecified atom stereocenters. The molecule has 0 aromatic rings. The Kier molecular flexibility index (Phi) is 6.25. The van der Waals surface area contributed by atoms with Crippen molar-refractivity contribution in [2.75, 3.05) is 14.1 Å². The Bertz CT molecular complexity index is 232. The van der Waals surface area contributed by atoms with Crippen LogP contribution in [0.15, 0.2) is 11.6 Å². The van der Waals surface area contributed by atoms with Gasteiger partial charge in [-0.05, 0) is 40.3 Å². The minimum atomic E-state index is -0.201. The summed E-state index contributed by atoms with van der Waals surface area (Å²) in [6, 6.07) is 0. The maximum atomic E-state index is 11.7. The van der Waals surface area contributed by atoms with Gasteiger partial charge in [0.05, 0.1) is 0 Å². The second kappa shape index (κ2) is 6.62. The summed E-state index contributed by atoms with van der Waals surface area (Å²) in [4.78, 5) is 13.6. The molecule has 0 aliphatic rings. The molecule has 88 valence electrons. The van der Waals surface area contributed by atoms with Crippen molar-refractivity contribution in [2.45, 2.75) is 40.3 Å². The van der Waals surface area contributed by atoms with Crippen LogP contribution in [0.4, 0.5) is 0 Å². The van der Waals surface area contributed by atoms with E-state index in [1.165, 1.54) is 0 Å². The number of carbonyl (C=O) groups is 1. The molecule has 1 atom stereocenters. The molecule has 3 heteroatoms. The highest BCUT2D eigenvalue weighted by molar-refractivity contribution is 5.88. The topological polar surface area (TPSA) is 29.5 Å². The van der Waals surface area contributed by atoms with E-state index in [0.717, 1.165) is 12.0 Å². The quantitative estimate of drug-likeness (QED) is 0.399. The van der Waals surface area contributed by atoms with E-state index in [1.807, 2.05) is 38.9 Å². The SMILES string of the molecule is C/C=C(\CC(C)C)C(=O)OC(C)N(C)C. The highest BCUT2D eigenvalue weighted by Gasteiger charge is 2.15. The van der Waals surface area contributed by atoms with Crippen molar-refractivity contribution >= 4 is 5.97 Å². The largest absolute Gasteiger partial charge is 0.443 e. The normalized spacial score (nSPS) is 14.5. The molecule has 0 bridgehead atoms. The predicted octanol–water partition coefficient (Wildman–Crippen LogP) is 2.43. The van der Waals surface area contributed by atoms with E-state index in [4.69, 9.17) is 4.74 Å². The van der Waals surface area contributed by atoms with Gasteiger partial charge in [-0.1, -0.05) is 19.9 Å². The summed E-state index contributed by atoms with van der Waals surface area (Å²) in [5, 5.41) is 0. The Balaban J connectivity index is 4.30. The Hall–Kier alpha value is -0.830. The van der Waals surface area contributed by atoms with Crippen LogP contribution in [0.5, 0.6) is 0 Å². The molecular formula is C12H23NO2. The molecule has 0 aliphatic carbocycles. The maximum absolute atomic E-state index is 11.7. The fourth-order valence-electron chi connectivity index (χ4n) is 1.09. The molecule has 0 aliphatic heterocycles. The molecule has 0 aromatic heterocycles. The summed E-state index contributed by atoms with van der Waals surface area (Å²) in [5.74, 6) is 0.269. The lowest BCUT2D eigenvalue weighted by atomic mass is 10.0. The Labute approximate surface area is 93.1 Å². The summed E-state index contributed by atoms with van der Waals surface area (Å²) in [5.41, 5.74) is 0.763. The fraction of sp³-hybridized carbons (Fsp3) is 0.750. The number of hydrogen-bond donors (Lipinski definition) is 0. The van der Waals surface area contributed by atoms with Crippen LogP contribution in [0, 0.1) is 5.92 Å². The molecule has 0 saturated heterocycles. The fourth-order valence-corrected chi connectivity index (χ4v) is 1.09. The first-order valence-electron chi connectivity index (χ1n) is 5.41. The molecule has 15 heavy (non-hydrogen) atoms. The summed E-state index contributed by atoms with van der Waals surface area (Å²) < 4.78 is 5.28. The van der Waals surface area contributed by atoms with Crippen molar-refractivity contribution in [1.82, 2.24) is 4.90 Å². The molecule has 0 rings (SSSR count). The van der Waals surface area contributed by atoms with Gasteiger partial charge in [0.1, 0.15) is 0 Å². The number of nitrogens with zero attached hydrogens (tertiary/aromatic N) is 1. The lowest BCUT2D eigenvalue weighted by molar-refractivity contribution is -0.150. The second-order valence-corrected chi connectivity index (χ2v) is 4.38. The van der Waals surface area contributed by atoms with Crippen LogP contribution in [-0.4, -0.2) is 31.2 Å². The van der Waals surface area contributed by atoms with E-state index in [-0.39, 0.29) is 12.2 Å². The van der Waals surface area contributed by atoms with Gasteiger partial charge in [0, 0.05) is 5.57 Å². The van der Waals surface area contributed by atoms with E-state index in [9.17, 15) is 4.79 Å². The predicted molar refractivity (Wildman–Crippen MR) is 62.5 cm³/mol. The van der Waals surface area contributed by atoms with Crippen molar-refractivity contribution in [3.05, 3.63) is 11.6 Å². The average Bonchev–Trinajstić information content (AvgIpc) is 2.13. The number of rotatable bonds is 5. The summed E-state index contributed by atoms with van der Waals surface area (Å²) in [6.45, 7) is 7.91. The number of carbonyl (C=O) groups excluding carboxylic acids is 1. The summed E-state index contributed by atoms with van der Waals surface area (Å²) in [6.07, 6.45) is 2.43. The zero-order valence-corrected chi connectivity index (χ0v) is 10.7. The third-order valence-corrected chi connectivity index (χ3v) is 2.24. The molecule has 0 aromatic carbocycles. The van der Waals surface area contributed by atoms with Crippen LogP contribution in [-0.2, 0) is 9.53 Å². The number of hydrogen-bond acceptors (Lipinski definition) is 3. The zero-order valence-electron chi connectivity index (χ0n) is 10.7. The molecular weight excluding hydrogens is 190 g/mol. The third kappa shape index (κ3) is 5.57. The highest BCUT2D eigenvalue weighted by Crippen LogP contribution is 2.13. The molecule has 3 nitrogen and oxygen atoms in total. The van der Waals surface area contributed by atoms with E-state index >= 15 is 0 Å². The number of allylic oxidation sites excluding steroid dienone is 1. The first kappa shape index (κ1) is 14.2. The third-order valence-electron chi connectivity index (χ3n) is 2.24. The van der Waals surface area contributed by atoms with Gasteiger partial charge >= 0.3 is 5.97 Å². The lowest BCUT2D eigenvalue weighted by Gasteiger charge is -2.21. The number of esters is 1. The van der Waals surface area contributed by atoms with Gasteiger partial charge in [0.2, 0.25) is 0 Å². The van der Waals surface area contributed by atoms with Gasteiger partial charge in [-0.3, -0.25) is 4.90 Å². The van der Waals surface area contributed by atoms with Crippen LogP contribution in [0.2, 0.25) is 0 Å². The smallest absolute Gasteiger partial charge is 0.335 e. The van der Waals surface area contributed by atoms with Crippen LogP contribution < -0.4 is 0 Å². The van der Waals surface area contributed by atoms with E-state index < -0.39 is 0 Å². The standard InChI is InChI=1S/C12H23NO2/c1-7-11(8-9(2)3)12(14)15-10(4)13(5)6/h7,9-10H,8H2,1-6H3/b11-7+. The minimum Gasteiger partial charge on any atom is -0.443 e. The van der Waals surface area contributed by atoms with Gasteiger partial charge < -0.3 is 4.74 Å². The van der Waals surface area contributed by atoms with Crippen molar-refractivity contribution in [3.63, 3.8) is 0 Å². The van der Waals surface area contributed by atoms with Gasteiger partial charge in [-0.25, -0.2) is 4.79 Å². The molecule has 0 fully saturated rings. The summed E-state index contributed by atoms with van der Waals surface area (Å²) >= 11 is 0. The molecule has 0 radical (unpaired) electrons. The van der Waals surface area contributed by atoms with Crippen LogP contribution in [0.25, 0.3) is 0 Å². The van der Waals surface area contributed by atoms with Crippen molar-refractivity contribution in [1.29, 1.82) is 0 Å². The second-order valence-electron chi connectivity index (χ2n) is 4.38. The average molecular weight is 213 g/mol. The van der Waals surface area contributed by atoms with E-state index in [1.54, 1.807) is 0 Å². The van der Waals surface area contributed by atoms with E-state index in [2.05, 4.69) is 13.8 Å². The maximum Gasteiger partial charge on any atom is 0.335 e. The van der Waals surface area contributed by atoms with Crippen molar-refractivity contribution in [2.24, 2.45) is 5.92 Å². The Morgan fingerprint density at radius 2 is 1.87 bits per heavy atom. The Morgan fingerprint density at radius 1 is 1.33 bits per heavy atom. The Morgan fingerprint density at radius 3 is 2.20 bits per heavy atom. The van der Waals surface area contributed by atoms with Gasteiger partial charge in [0.15, 0.2) is 6.23 Å². The van der Waals surface area contributed by atoms with E-state index in [0.29, 0.717) is 5.92 Å². The van der Waals surface area contributed by atoms with Gasteiger partial charge in [-0.15, -0.1) is 0 Å². The monoisotopic (exact) mass is 213 g/mol. The van der Waals surface area contributed by atoms with Crippen LogP contribution >= 0.6 is 0 Å². The highest BCUT2D eigenvalue weighted by atomic mass is 16.6. The summed E-state index contributed by atoms with van der Waals surface area (Å²) in [7, 11) is 3.77. The number of ether oxygens (including phenoxy) is 1. The minimum absolute atomic E-state index is 0.181. The van der Waals surface area contributed by atoms with Crippen LogP contribution in [0.1, 0.15) is 34.1 Å². The van der Waals surface area contributed by atoms with Gasteiger partial charge in [-0.2, -0.15) is 0 Å². The van der Waals surface area contributed by atoms with Crippen molar-refractivity contribution < 1.29 is 9.53 Å². The molecule has 0 amide bonds. The van der Waals surface area contributed by atoms with Crippen LogP contribution in [0.3, 0.4) is 0 Å². The molecule has 0 N–H and O–H groups in total. The molecule has 0 heterocycles. The van der Waals surface area contributed by atoms with Gasteiger partial charge in [0.25, 0.3) is 0 Å². The lowest BCUT2D eigenvalue weighted by Crippen LogP contribution is -2.30. The van der Waals surface area contributed by atoms with Crippen molar-refractivity contribution in [3.8, 4) is 0 Å².